The van der Waals surface area contributed by atoms with Crippen LogP contribution in [0.2, 0.25) is 5.02 Å². The lowest BCUT2D eigenvalue weighted by molar-refractivity contribution is -0.140. The second-order valence-electron chi connectivity index (χ2n) is 7.24. The molecule has 9 heteroatoms. The molecule has 4 rings (SSSR count). The van der Waals surface area contributed by atoms with Gasteiger partial charge < -0.3 is 23.7 Å². The van der Waals surface area contributed by atoms with Crippen molar-refractivity contribution in [3.05, 3.63) is 77.2 Å². The third-order valence-corrected chi connectivity index (χ3v) is 5.53. The van der Waals surface area contributed by atoms with E-state index in [1.165, 1.54) is 17.2 Å². The monoisotopic (exact) mass is 455 g/mol. The van der Waals surface area contributed by atoms with Crippen molar-refractivity contribution < 1.29 is 23.8 Å². The van der Waals surface area contributed by atoms with Crippen LogP contribution in [0.4, 0.5) is 0 Å². The Morgan fingerprint density at radius 2 is 2.12 bits per heavy atom. The summed E-state index contributed by atoms with van der Waals surface area (Å²) in [6, 6.07) is 7.24. The first kappa shape index (κ1) is 21.7. The van der Waals surface area contributed by atoms with Gasteiger partial charge in [0.25, 0.3) is 11.7 Å². The van der Waals surface area contributed by atoms with Crippen LogP contribution in [0.5, 0.6) is 5.75 Å². The maximum atomic E-state index is 13.0. The Bertz CT molecular complexity index is 1140. The van der Waals surface area contributed by atoms with Crippen molar-refractivity contribution in [3.8, 4) is 5.75 Å². The summed E-state index contributed by atoms with van der Waals surface area (Å²) in [6.45, 7) is 3.20. The number of ether oxygens (including phenoxy) is 1. The molecule has 1 N–H and O–H groups in total. The molecule has 2 aromatic heterocycles. The molecule has 3 aromatic rings. The summed E-state index contributed by atoms with van der Waals surface area (Å²) in [7, 11) is 0. The number of hydrogen-bond donors (Lipinski definition) is 1. The maximum Gasteiger partial charge on any atom is 0.295 e. The predicted molar refractivity (Wildman–Crippen MR) is 117 cm³/mol. The van der Waals surface area contributed by atoms with Crippen LogP contribution in [0.3, 0.4) is 0 Å². The van der Waals surface area contributed by atoms with Crippen molar-refractivity contribution in [3.63, 3.8) is 0 Å². The van der Waals surface area contributed by atoms with Crippen LogP contribution < -0.4 is 4.74 Å². The van der Waals surface area contributed by atoms with Crippen molar-refractivity contribution >= 4 is 29.1 Å². The number of halogens is 1. The summed E-state index contributed by atoms with van der Waals surface area (Å²) in [6.07, 6.45) is 7.25. The maximum absolute atomic E-state index is 13.0. The Hall–Kier alpha value is -3.52. The highest BCUT2D eigenvalue weighted by atomic mass is 35.5. The molecule has 3 heterocycles. The average Bonchev–Trinajstić information content (AvgIpc) is 3.53. The number of furan rings is 1. The van der Waals surface area contributed by atoms with Gasteiger partial charge in [-0.25, -0.2) is 4.98 Å². The van der Waals surface area contributed by atoms with E-state index in [2.05, 4.69) is 4.98 Å². The molecule has 166 valence electrons. The molecule has 1 aromatic carbocycles. The number of nitrogens with zero attached hydrogens (tertiary/aromatic N) is 3. The van der Waals surface area contributed by atoms with E-state index in [-0.39, 0.29) is 11.3 Å². The Labute approximate surface area is 189 Å². The molecule has 32 heavy (non-hydrogen) atoms. The summed E-state index contributed by atoms with van der Waals surface area (Å²) >= 11 is 6.26. The van der Waals surface area contributed by atoms with Gasteiger partial charge in [0.1, 0.15) is 23.3 Å². The van der Waals surface area contributed by atoms with Crippen molar-refractivity contribution in [2.24, 2.45) is 0 Å². The molecular formula is C23H22ClN3O5. The average molecular weight is 456 g/mol. The number of imidazole rings is 1. The highest BCUT2D eigenvalue weighted by molar-refractivity contribution is 6.46. The standard InChI is InChI=1S/C23H22ClN3O5/c1-2-31-17-7-6-15(13-16(17)24)21(28)19-20(18-5-3-12-32-18)27(23(30)22(19)29)10-4-9-26-11-8-25-14-26/h3,5-8,11-14,20,28H,2,4,9-10H2,1H3/t20-/m1/s1. The van der Waals surface area contributed by atoms with E-state index in [1.54, 1.807) is 36.8 Å². The molecule has 0 saturated carbocycles. The molecule has 1 amide bonds. The van der Waals surface area contributed by atoms with E-state index in [4.69, 9.17) is 20.8 Å². The van der Waals surface area contributed by atoms with Crippen LogP contribution in [0.15, 0.2) is 65.3 Å². The summed E-state index contributed by atoms with van der Waals surface area (Å²) in [5, 5.41) is 11.3. The lowest BCUT2D eigenvalue weighted by Gasteiger charge is -2.23. The number of rotatable bonds is 8. The minimum atomic E-state index is -0.835. The van der Waals surface area contributed by atoms with Crippen LogP contribution >= 0.6 is 11.6 Å². The second kappa shape index (κ2) is 9.32. The molecular weight excluding hydrogens is 434 g/mol. The quantitative estimate of drug-likeness (QED) is 0.313. The van der Waals surface area contributed by atoms with Gasteiger partial charge in [-0.05, 0) is 43.7 Å². The number of likely N-dealkylation sites (tertiary alicyclic amines) is 1. The minimum Gasteiger partial charge on any atom is -0.507 e. The van der Waals surface area contributed by atoms with Crippen LogP contribution in [0.1, 0.15) is 30.7 Å². The van der Waals surface area contributed by atoms with Crippen molar-refractivity contribution in [1.82, 2.24) is 14.5 Å². The van der Waals surface area contributed by atoms with Crippen LogP contribution in [-0.2, 0) is 16.1 Å². The van der Waals surface area contributed by atoms with E-state index < -0.39 is 17.7 Å². The SMILES string of the molecule is CCOc1ccc(C(O)=C2C(=O)C(=O)N(CCCn3ccnc3)[C@@H]2c2ccco2)cc1Cl. The summed E-state index contributed by atoms with van der Waals surface area (Å²) < 4.78 is 12.9. The lowest BCUT2D eigenvalue weighted by Crippen LogP contribution is -2.31. The fourth-order valence-corrected chi connectivity index (χ4v) is 4.01. The Morgan fingerprint density at radius 3 is 2.78 bits per heavy atom. The lowest BCUT2D eigenvalue weighted by atomic mass is 9.99. The predicted octanol–water partition coefficient (Wildman–Crippen LogP) is 4.04. The number of carbonyl (C=O) groups excluding carboxylic acids is 2. The van der Waals surface area contributed by atoms with Gasteiger partial charge in [0.05, 0.1) is 29.8 Å². The Kier molecular flexibility index (Phi) is 6.32. The van der Waals surface area contributed by atoms with E-state index >= 15 is 0 Å². The third-order valence-electron chi connectivity index (χ3n) is 5.23. The molecule has 0 radical (unpaired) electrons. The first-order valence-electron chi connectivity index (χ1n) is 10.2. The normalized spacial score (nSPS) is 17.8. The van der Waals surface area contributed by atoms with Crippen LogP contribution in [0.25, 0.3) is 5.76 Å². The molecule has 1 aliphatic rings. The number of Topliss-reactive ketones (excluding diaryl/α,β-unsaturated/α-hetero) is 1. The van der Waals surface area contributed by atoms with Gasteiger partial charge in [0.15, 0.2) is 0 Å². The van der Waals surface area contributed by atoms with Gasteiger partial charge in [-0.2, -0.15) is 0 Å². The summed E-state index contributed by atoms with van der Waals surface area (Å²) in [5.74, 6) is -0.905. The Balaban J connectivity index is 1.68. The molecule has 0 spiro atoms. The van der Waals surface area contributed by atoms with Crippen molar-refractivity contribution in [2.75, 3.05) is 13.2 Å². The summed E-state index contributed by atoms with van der Waals surface area (Å²) in [5.41, 5.74) is 0.277. The molecule has 0 bridgehead atoms. The molecule has 8 nitrogen and oxygen atoms in total. The largest absolute Gasteiger partial charge is 0.507 e. The van der Waals surface area contributed by atoms with E-state index in [0.717, 1.165) is 0 Å². The molecule has 1 saturated heterocycles. The van der Waals surface area contributed by atoms with Gasteiger partial charge in [-0.3, -0.25) is 9.59 Å². The highest BCUT2D eigenvalue weighted by Crippen LogP contribution is 2.40. The topological polar surface area (TPSA) is 97.8 Å². The third kappa shape index (κ3) is 4.13. The fraction of sp³-hybridized carbons (Fsp3) is 0.261. The number of aliphatic hydroxyl groups excluding tert-OH is 1. The van der Waals surface area contributed by atoms with E-state index in [0.29, 0.717) is 48.2 Å². The molecule has 0 unspecified atom stereocenters. The zero-order chi connectivity index (χ0) is 22.7. The summed E-state index contributed by atoms with van der Waals surface area (Å²) in [4.78, 5) is 31.3. The van der Waals surface area contributed by atoms with E-state index in [9.17, 15) is 14.7 Å². The van der Waals surface area contributed by atoms with E-state index in [1.807, 2.05) is 17.7 Å². The fourth-order valence-electron chi connectivity index (χ4n) is 3.77. The zero-order valence-corrected chi connectivity index (χ0v) is 18.2. The van der Waals surface area contributed by atoms with Gasteiger partial charge in [0, 0.05) is 31.0 Å². The number of aromatic nitrogens is 2. The van der Waals surface area contributed by atoms with Crippen LogP contribution in [-0.4, -0.2) is 44.4 Å². The minimum absolute atomic E-state index is 0.0344. The molecule has 1 fully saturated rings. The number of aliphatic hydroxyl groups is 1. The Morgan fingerprint density at radius 1 is 1.28 bits per heavy atom. The van der Waals surface area contributed by atoms with Crippen LogP contribution in [0, 0.1) is 0 Å². The van der Waals surface area contributed by atoms with Crippen molar-refractivity contribution in [1.29, 1.82) is 0 Å². The number of carbonyl (C=O) groups is 2. The smallest absolute Gasteiger partial charge is 0.295 e. The number of benzene rings is 1. The van der Waals surface area contributed by atoms with Gasteiger partial charge in [-0.1, -0.05) is 11.6 Å². The molecule has 0 aliphatic carbocycles. The van der Waals surface area contributed by atoms with Gasteiger partial charge in [0.2, 0.25) is 0 Å². The van der Waals surface area contributed by atoms with Gasteiger partial charge in [-0.15, -0.1) is 0 Å². The van der Waals surface area contributed by atoms with Gasteiger partial charge >= 0.3 is 0 Å². The first-order chi connectivity index (χ1) is 15.5. The molecule has 1 atom stereocenters. The second-order valence-corrected chi connectivity index (χ2v) is 7.65. The highest BCUT2D eigenvalue weighted by Gasteiger charge is 2.47. The first-order valence-corrected chi connectivity index (χ1v) is 10.6. The number of aryl methyl sites for hydroxylation is 1. The number of hydrogen-bond acceptors (Lipinski definition) is 6. The zero-order valence-electron chi connectivity index (χ0n) is 17.4. The molecule has 1 aliphatic heterocycles. The number of ketones is 1. The number of amides is 1. The van der Waals surface area contributed by atoms with Crippen molar-refractivity contribution in [2.45, 2.75) is 25.9 Å².